The summed E-state index contributed by atoms with van der Waals surface area (Å²) < 4.78 is 19.0. The zero-order chi connectivity index (χ0) is 14.4. The van der Waals surface area contributed by atoms with Gasteiger partial charge in [0.15, 0.2) is 0 Å². The first-order chi connectivity index (χ1) is 9.65. The van der Waals surface area contributed by atoms with E-state index >= 15 is 0 Å². The molecule has 0 bridgehead atoms. The average molecular weight is 293 g/mol. The maximum Gasteiger partial charge on any atom is 0.309 e. The minimum atomic E-state index is -1.41. The molecule has 0 aliphatic carbocycles. The summed E-state index contributed by atoms with van der Waals surface area (Å²) >= 11 is 5.78. The Morgan fingerprint density at radius 2 is 1.90 bits per heavy atom. The number of benzene rings is 2. The predicted molar refractivity (Wildman–Crippen MR) is 76.2 cm³/mol. The Labute approximate surface area is 122 Å². The first kappa shape index (κ1) is 14.5. The zero-order valence-corrected chi connectivity index (χ0v) is 11.5. The molecule has 0 aromatic heterocycles. The minimum Gasteiger partial charge on any atom is -0.461 e. The van der Waals surface area contributed by atoms with Gasteiger partial charge in [-0.25, -0.2) is 4.39 Å². The van der Waals surface area contributed by atoms with Gasteiger partial charge < -0.3 is 4.74 Å². The van der Waals surface area contributed by atoms with Crippen molar-refractivity contribution in [1.29, 1.82) is 0 Å². The number of carbonyl (C=O) groups is 1. The third-order valence-electron chi connectivity index (χ3n) is 2.80. The molecule has 2 nitrogen and oxygen atoms in total. The van der Waals surface area contributed by atoms with Gasteiger partial charge in [-0.05, 0) is 23.3 Å². The lowest BCUT2D eigenvalue weighted by Gasteiger charge is -2.09. The molecule has 0 fully saturated rings. The number of carbonyl (C=O) groups excluding carboxylic acids is 1. The van der Waals surface area contributed by atoms with E-state index < -0.39 is 12.1 Å². The van der Waals surface area contributed by atoms with Crippen molar-refractivity contribution in [2.75, 3.05) is 0 Å². The van der Waals surface area contributed by atoms with Gasteiger partial charge in [0.1, 0.15) is 12.8 Å². The van der Waals surface area contributed by atoms with Crippen molar-refractivity contribution in [2.24, 2.45) is 0 Å². The number of esters is 1. The number of ether oxygens (including phenoxy) is 1. The fraction of sp³-hybridized carbons (Fsp3) is 0.188. The van der Waals surface area contributed by atoms with Crippen molar-refractivity contribution < 1.29 is 13.9 Å². The van der Waals surface area contributed by atoms with E-state index in [1.54, 1.807) is 18.2 Å². The van der Waals surface area contributed by atoms with E-state index in [-0.39, 0.29) is 13.0 Å². The zero-order valence-electron chi connectivity index (χ0n) is 10.8. The predicted octanol–water partition coefficient (Wildman–Crippen LogP) is 4.48. The van der Waals surface area contributed by atoms with Crippen LogP contribution in [0.2, 0.25) is 5.02 Å². The number of rotatable bonds is 5. The van der Waals surface area contributed by atoms with Gasteiger partial charge in [-0.3, -0.25) is 4.79 Å². The Kier molecular flexibility index (Phi) is 5.13. The van der Waals surface area contributed by atoms with Crippen molar-refractivity contribution >= 4 is 17.6 Å². The second kappa shape index (κ2) is 7.06. The normalized spacial score (nSPS) is 11.9. The topological polar surface area (TPSA) is 26.3 Å². The number of hydrogen-bond acceptors (Lipinski definition) is 2. The minimum absolute atomic E-state index is 0.155. The summed E-state index contributed by atoms with van der Waals surface area (Å²) in [6, 6.07) is 15.7. The molecule has 0 saturated carbocycles. The van der Waals surface area contributed by atoms with Gasteiger partial charge in [-0.1, -0.05) is 54.1 Å². The van der Waals surface area contributed by atoms with E-state index in [1.165, 1.54) is 6.07 Å². The van der Waals surface area contributed by atoms with Crippen LogP contribution >= 0.6 is 11.6 Å². The molecule has 0 N–H and O–H groups in total. The lowest BCUT2D eigenvalue weighted by Crippen LogP contribution is -2.08. The van der Waals surface area contributed by atoms with Gasteiger partial charge >= 0.3 is 5.97 Å². The fourth-order valence-corrected chi connectivity index (χ4v) is 1.96. The van der Waals surface area contributed by atoms with Gasteiger partial charge in [0.2, 0.25) is 0 Å². The van der Waals surface area contributed by atoms with Crippen LogP contribution < -0.4 is 0 Å². The molecule has 0 amide bonds. The third-order valence-corrected chi connectivity index (χ3v) is 3.03. The third kappa shape index (κ3) is 4.35. The van der Waals surface area contributed by atoms with Gasteiger partial charge in [0.25, 0.3) is 0 Å². The van der Waals surface area contributed by atoms with Gasteiger partial charge in [0.05, 0.1) is 6.42 Å². The van der Waals surface area contributed by atoms with E-state index in [0.717, 1.165) is 5.56 Å². The van der Waals surface area contributed by atoms with E-state index in [0.29, 0.717) is 10.6 Å². The first-order valence-corrected chi connectivity index (χ1v) is 6.62. The lowest BCUT2D eigenvalue weighted by molar-refractivity contribution is -0.146. The highest BCUT2D eigenvalue weighted by Gasteiger charge is 2.16. The molecule has 4 heteroatoms. The Balaban J connectivity index is 1.85. The smallest absolute Gasteiger partial charge is 0.309 e. The summed E-state index contributed by atoms with van der Waals surface area (Å²) in [4.78, 5) is 11.6. The monoisotopic (exact) mass is 292 g/mol. The standard InChI is InChI=1S/C16H14ClFO2/c17-14-8-4-7-13(9-14)15(18)10-16(19)20-11-12-5-2-1-3-6-12/h1-9,15H,10-11H2/t15-/m0/s1. The second-order valence-electron chi connectivity index (χ2n) is 4.37. The van der Waals surface area contributed by atoms with Crippen LogP contribution in [0.4, 0.5) is 4.39 Å². The molecular weight excluding hydrogens is 279 g/mol. The molecular formula is C16H14ClFO2. The summed E-state index contributed by atoms with van der Waals surface area (Å²) in [5, 5.41) is 0.447. The Hall–Kier alpha value is -1.87. The van der Waals surface area contributed by atoms with Crippen LogP contribution in [0.5, 0.6) is 0 Å². The van der Waals surface area contributed by atoms with Crippen molar-refractivity contribution in [2.45, 2.75) is 19.2 Å². The van der Waals surface area contributed by atoms with Gasteiger partial charge in [0, 0.05) is 5.02 Å². The lowest BCUT2D eigenvalue weighted by atomic mass is 10.1. The number of alkyl halides is 1. The van der Waals surface area contributed by atoms with Crippen molar-refractivity contribution in [3.05, 3.63) is 70.7 Å². The van der Waals surface area contributed by atoms with Crippen molar-refractivity contribution in [1.82, 2.24) is 0 Å². The summed E-state index contributed by atoms with van der Waals surface area (Å²) in [6.07, 6.45) is -1.72. The Morgan fingerprint density at radius 1 is 1.15 bits per heavy atom. The van der Waals surface area contributed by atoms with Crippen molar-refractivity contribution in [3.8, 4) is 0 Å². The van der Waals surface area contributed by atoms with E-state index in [2.05, 4.69) is 0 Å². The molecule has 104 valence electrons. The fourth-order valence-electron chi connectivity index (χ4n) is 1.76. The quantitative estimate of drug-likeness (QED) is 0.759. The molecule has 0 aliphatic rings. The van der Waals surface area contributed by atoms with Crippen LogP contribution in [-0.2, 0) is 16.1 Å². The summed E-state index contributed by atoms with van der Waals surface area (Å²) in [5.74, 6) is -0.568. The Bertz CT molecular complexity index is 572. The first-order valence-electron chi connectivity index (χ1n) is 6.24. The highest BCUT2D eigenvalue weighted by Crippen LogP contribution is 2.24. The molecule has 0 heterocycles. The van der Waals surface area contributed by atoms with Crippen LogP contribution in [0, 0.1) is 0 Å². The molecule has 2 rings (SSSR count). The molecule has 1 atom stereocenters. The molecule has 0 aliphatic heterocycles. The van der Waals surface area contributed by atoms with E-state index in [4.69, 9.17) is 16.3 Å². The van der Waals surface area contributed by atoms with Crippen LogP contribution in [0.1, 0.15) is 23.7 Å². The number of hydrogen-bond donors (Lipinski definition) is 0. The molecule has 2 aromatic rings. The largest absolute Gasteiger partial charge is 0.461 e. The molecule has 0 spiro atoms. The number of halogens is 2. The van der Waals surface area contributed by atoms with E-state index in [9.17, 15) is 9.18 Å². The molecule has 20 heavy (non-hydrogen) atoms. The highest BCUT2D eigenvalue weighted by atomic mass is 35.5. The summed E-state index contributed by atoms with van der Waals surface area (Å²) in [7, 11) is 0. The van der Waals surface area contributed by atoms with Crippen LogP contribution in [0.25, 0.3) is 0 Å². The highest BCUT2D eigenvalue weighted by molar-refractivity contribution is 6.30. The average Bonchev–Trinajstić information content (AvgIpc) is 2.46. The summed E-state index contributed by atoms with van der Waals surface area (Å²) in [6.45, 7) is 0.155. The maximum atomic E-state index is 13.9. The molecule has 0 unspecified atom stereocenters. The molecule has 0 saturated heterocycles. The second-order valence-corrected chi connectivity index (χ2v) is 4.81. The SMILES string of the molecule is O=C(C[C@H](F)c1cccc(Cl)c1)OCc1ccccc1. The van der Waals surface area contributed by atoms with Crippen molar-refractivity contribution in [3.63, 3.8) is 0 Å². The van der Waals surface area contributed by atoms with Crippen LogP contribution in [0.15, 0.2) is 54.6 Å². The molecule has 2 aromatic carbocycles. The summed E-state index contributed by atoms with van der Waals surface area (Å²) in [5.41, 5.74) is 1.26. The molecule has 0 radical (unpaired) electrons. The van der Waals surface area contributed by atoms with Gasteiger partial charge in [-0.15, -0.1) is 0 Å². The van der Waals surface area contributed by atoms with Gasteiger partial charge in [-0.2, -0.15) is 0 Å². The van der Waals surface area contributed by atoms with Crippen LogP contribution in [0.3, 0.4) is 0 Å². The van der Waals surface area contributed by atoms with Crippen LogP contribution in [-0.4, -0.2) is 5.97 Å². The maximum absolute atomic E-state index is 13.9. The van der Waals surface area contributed by atoms with E-state index in [1.807, 2.05) is 30.3 Å². The Morgan fingerprint density at radius 3 is 2.60 bits per heavy atom.